The number of alkyl halides is 2. The smallest absolute Gasteiger partial charge is 0.323 e. The Hall–Kier alpha value is -1.66. The number of nitrogens with one attached hydrogen (secondary N) is 1. The van der Waals surface area contributed by atoms with Crippen molar-refractivity contribution in [2.45, 2.75) is 44.4 Å². The van der Waals surface area contributed by atoms with E-state index in [1.54, 1.807) is 6.07 Å². The number of hydrogen-bond donors (Lipinski definition) is 1. The molecule has 0 radical (unpaired) electrons. The standard InChI is InChI=1S/C14H19F2N3O2/c1-14(15,16)6-9-7-19(8-9)13(20)17-12-5-11(21-18-12)10-3-2-4-10/h5,9-10H,2-4,6-8H2,1H3,(H,17,18,20). The van der Waals surface area contributed by atoms with E-state index in [-0.39, 0.29) is 18.4 Å². The van der Waals surface area contributed by atoms with Gasteiger partial charge in [0.1, 0.15) is 5.76 Å². The van der Waals surface area contributed by atoms with Gasteiger partial charge in [0.15, 0.2) is 5.82 Å². The van der Waals surface area contributed by atoms with Crippen LogP contribution in [0, 0.1) is 5.92 Å². The van der Waals surface area contributed by atoms with Gasteiger partial charge in [-0.05, 0) is 25.7 Å². The van der Waals surface area contributed by atoms with Gasteiger partial charge in [0.25, 0.3) is 0 Å². The number of halogens is 2. The number of rotatable bonds is 4. The van der Waals surface area contributed by atoms with Gasteiger partial charge in [-0.3, -0.25) is 5.32 Å². The largest absolute Gasteiger partial charge is 0.359 e. The van der Waals surface area contributed by atoms with Crippen molar-refractivity contribution in [2.75, 3.05) is 18.4 Å². The van der Waals surface area contributed by atoms with Crippen LogP contribution in [-0.2, 0) is 0 Å². The number of amides is 2. The molecule has 116 valence electrons. The first-order valence-corrected chi connectivity index (χ1v) is 7.31. The van der Waals surface area contributed by atoms with Crippen LogP contribution in [0.3, 0.4) is 0 Å². The van der Waals surface area contributed by atoms with Crippen LogP contribution in [0.25, 0.3) is 0 Å². The van der Waals surface area contributed by atoms with E-state index in [0.29, 0.717) is 24.8 Å². The summed E-state index contributed by atoms with van der Waals surface area (Å²) in [5, 5.41) is 6.47. The van der Waals surface area contributed by atoms with Gasteiger partial charge in [-0.1, -0.05) is 11.6 Å². The molecule has 1 saturated carbocycles. The number of carbonyl (C=O) groups excluding carboxylic acids is 1. The second-order valence-corrected chi connectivity index (χ2v) is 6.22. The van der Waals surface area contributed by atoms with Gasteiger partial charge in [-0.2, -0.15) is 0 Å². The Morgan fingerprint density at radius 2 is 2.24 bits per heavy atom. The lowest BCUT2D eigenvalue weighted by Gasteiger charge is -2.39. The number of carbonyl (C=O) groups is 1. The van der Waals surface area contributed by atoms with Gasteiger partial charge in [0.05, 0.1) is 0 Å². The van der Waals surface area contributed by atoms with Crippen molar-refractivity contribution in [3.05, 3.63) is 11.8 Å². The van der Waals surface area contributed by atoms with E-state index in [0.717, 1.165) is 25.5 Å². The van der Waals surface area contributed by atoms with E-state index in [1.807, 2.05) is 0 Å². The average molecular weight is 299 g/mol. The van der Waals surface area contributed by atoms with Crippen molar-refractivity contribution < 1.29 is 18.1 Å². The van der Waals surface area contributed by atoms with Crippen LogP contribution in [-0.4, -0.2) is 35.1 Å². The summed E-state index contributed by atoms with van der Waals surface area (Å²) in [6, 6.07) is 1.44. The highest BCUT2D eigenvalue weighted by Gasteiger charge is 2.37. The van der Waals surface area contributed by atoms with Gasteiger partial charge in [-0.15, -0.1) is 0 Å². The zero-order chi connectivity index (χ0) is 15.0. The van der Waals surface area contributed by atoms with Gasteiger partial charge >= 0.3 is 6.03 Å². The first-order chi connectivity index (χ1) is 9.90. The lowest BCUT2D eigenvalue weighted by atomic mass is 9.84. The van der Waals surface area contributed by atoms with Crippen molar-refractivity contribution in [3.63, 3.8) is 0 Å². The first-order valence-electron chi connectivity index (χ1n) is 7.31. The van der Waals surface area contributed by atoms with E-state index in [4.69, 9.17) is 4.52 Å². The number of aromatic nitrogens is 1. The molecular formula is C14H19F2N3O2. The summed E-state index contributed by atoms with van der Waals surface area (Å²) in [5.74, 6) is -1.17. The van der Waals surface area contributed by atoms with Gasteiger partial charge in [0.2, 0.25) is 5.92 Å². The summed E-state index contributed by atoms with van der Waals surface area (Å²) in [4.78, 5) is 13.4. The fourth-order valence-electron chi connectivity index (χ4n) is 2.79. The van der Waals surface area contributed by atoms with Gasteiger partial charge in [-0.25, -0.2) is 13.6 Å². The molecule has 2 aliphatic rings. The molecule has 1 aliphatic carbocycles. The number of urea groups is 1. The Bertz CT molecular complexity index is 517. The second-order valence-electron chi connectivity index (χ2n) is 6.22. The Kier molecular flexibility index (Phi) is 3.59. The highest BCUT2D eigenvalue weighted by atomic mass is 19.3. The molecule has 0 bridgehead atoms. The highest BCUT2D eigenvalue weighted by molar-refractivity contribution is 5.88. The molecule has 0 spiro atoms. The molecule has 0 atom stereocenters. The molecule has 21 heavy (non-hydrogen) atoms. The van der Waals surface area contributed by atoms with Crippen molar-refractivity contribution in [1.82, 2.24) is 10.1 Å². The summed E-state index contributed by atoms with van der Waals surface area (Å²) in [6.45, 7) is 1.64. The fraction of sp³-hybridized carbons (Fsp3) is 0.714. The first kappa shape index (κ1) is 14.3. The van der Waals surface area contributed by atoms with E-state index in [9.17, 15) is 13.6 Å². The minimum Gasteiger partial charge on any atom is -0.359 e. The molecule has 1 N–H and O–H groups in total. The van der Waals surface area contributed by atoms with E-state index < -0.39 is 5.92 Å². The predicted molar refractivity (Wildman–Crippen MR) is 72.4 cm³/mol. The number of anilines is 1. The molecule has 1 aromatic heterocycles. The van der Waals surface area contributed by atoms with Crippen molar-refractivity contribution in [1.29, 1.82) is 0 Å². The maximum atomic E-state index is 12.8. The van der Waals surface area contributed by atoms with Crippen molar-refractivity contribution in [2.24, 2.45) is 5.92 Å². The SMILES string of the molecule is CC(F)(F)CC1CN(C(=O)Nc2cc(C3CCC3)on2)C1. The summed E-state index contributed by atoms with van der Waals surface area (Å²) in [7, 11) is 0. The van der Waals surface area contributed by atoms with Gasteiger partial charge < -0.3 is 9.42 Å². The zero-order valence-corrected chi connectivity index (χ0v) is 11.9. The third-order valence-electron chi connectivity index (χ3n) is 4.16. The topological polar surface area (TPSA) is 58.4 Å². The van der Waals surface area contributed by atoms with Crippen LogP contribution in [0.1, 0.15) is 44.3 Å². The van der Waals surface area contributed by atoms with Crippen LogP contribution in [0.15, 0.2) is 10.6 Å². The molecule has 2 heterocycles. The summed E-state index contributed by atoms with van der Waals surface area (Å²) >= 11 is 0. The average Bonchev–Trinajstić information content (AvgIpc) is 2.67. The van der Waals surface area contributed by atoms with E-state index >= 15 is 0 Å². The maximum Gasteiger partial charge on any atom is 0.323 e. The van der Waals surface area contributed by atoms with Gasteiger partial charge in [0, 0.05) is 31.5 Å². The van der Waals surface area contributed by atoms with Crippen LogP contribution in [0.2, 0.25) is 0 Å². The Morgan fingerprint density at radius 3 is 2.81 bits per heavy atom. The monoisotopic (exact) mass is 299 g/mol. The summed E-state index contributed by atoms with van der Waals surface area (Å²) < 4.78 is 30.9. The molecular weight excluding hydrogens is 280 g/mol. The van der Waals surface area contributed by atoms with E-state index in [2.05, 4.69) is 10.5 Å². The molecule has 5 nitrogen and oxygen atoms in total. The number of likely N-dealkylation sites (tertiary alicyclic amines) is 1. The number of hydrogen-bond acceptors (Lipinski definition) is 3. The molecule has 2 amide bonds. The Balaban J connectivity index is 1.46. The van der Waals surface area contributed by atoms with Crippen LogP contribution < -0.4 is 5.32 Å². The molecule has 2 fully saturated rings. The third kappa shape index (κ3) is 3.33. The summed E-state index contributed by atoms with van der Waals surface area (Å²) in [6.07, 6.45) is 3.22. The maximum absolute atomic E-state index is 12.8. The minimum atomic E-state index is -2.67. The Morgan fingerprint density at radius 1 is 1.52 bits per heavy atom. The van der Waals surface area contributed by atoms with Crippen molar-refractivity contribution in [3.8, 4) is 0 Å². The minimum absolute atomic E-state index is 0.126. The van der Waals surface area contributed by atoms with Crippen molar-refractivity contribution >= 4 is 11.8 Å². The molecule has 0 aromatic carbocycles. The molecule has 7 heteroatoms. The molecule has 1 saturated heterocycles. The lowest BCUT2D eigenvalue weighted by molar-refractivity contribution is -0.0269. The fourth-order valence-corrected chi connectivity index (χ4v) is 2.79. The molecule has 0 unspecified atom stereocenters. The third-order valence-corrected chi connectivity index (χ3v) is 4.16. The quantitative estimate of drug-likeness (QED) is 0.926. The lowest BCUT2D eigenvalue weighted by Crippen LogP contribution is -2.52. The molecule has 1 aromatic rings. The zero-order valence-electron chi connectivity index (χ0n) is 11.9. The molecule has 1 aliphatic heterocycles. The summed E-state index contributed by atoms with van der Waals surface area (Å²) in [5.41, 5.74) is 0. The predicted octanol–water partition coefficient (Wildman–Crippen LogP) is 3.45. The van der Waals surface area contributed by atoms with Crippen LogP contribution in [0.4, 0.5) is 19.4 Å². The molecule has 3 rings (SSSR count). The normalized spacial score (nSPS) is 20.0. The number of nitrogens with zero attached hydrogens (tertiary/aromatic N) is 2. The highest BCUT2D eigenvalue weighted by Crippen LogP contribution is 2.37. The Labute approximate surface area is 121 Å². The van der Waals surface area contributed by atoms with Crippen LogP contribution >= 0.6 is 0 Å². The second kappa shape index (κ2) is 5.27. The van der Waals surface area contributed by atoms with E-state index in [1.165, 1.54) is 11.3 Å². The van der Waals surface area contributed by atoms with Crippen LogP contribution in [0.5, 0.6) is 0 Å².